The predicted octanol–water partition coefficient (Wildman–Crippen LogP) is 4.14. The molecule has 2 aromatic carbocycles. The van der Waals surface area contributed by atoms with Crippen molar-refractivity contribution in [2.45, 2.75) is 6.54 Å². The summed E-state index contributed by atoms with van der Waals surface area (Å²) in [5, 5.41) is 31.6. The van der Waals surface area contributed by atoms with Crippen molar-refractivity contribution in [2.75, 3.05) is 0 Å². The van der Waals surface area contributed by atoms with Crippen molar-refractivity contribution in [3.63, 3.8) is 0 Å². The number of nitriles is 1. The summed E-state index contributed by atoms with van der Waals surface area (Å²) in [6, 6.07) is 15.5. The van der Waals surface area contributed by atoms with Gasteiger partial charge in [0.2, 0.25) is 0 Å². The van der Waals surface area contributed by atoms with Crippen LogP contribution in [0.3, 0.4) is 0 Å². The summed E-state index contributed by atoms with van der Waals surface area (Å²) in [6.45, 7) is 0.441. The molecule has 0 atom stereocenters. The van der Waals surface area contributed by atoms with E-state index < -0.39 is 5.91 Å². The maximum Gasteiger partial charge on any atom is 0.271 e. The maximum atomic E-state index is 12.3. The molecule has 0 aliphatic carbocycles. The van der Waals surface area contributed by atoms with E-state index in [2.05, 4.69) is 20.7 Å². The second kappa shape index (κ2) is 9.01. The lowest BCUT2D eigenvalue weighted by molar-refractivity contribution is 0.0955. The molecule has 0 radical (unpaired) electrons. The minimum atomic E-state index is -0.490. The number of aromatic nitrogens is 3. The van der Waals surface area contributed by atoms with E-state index in [9.17, 15) is 9.90 Å². The SMILES string of the molecule is N#Cc1cc(C(=O)NN=Cc2cccc3c2ccn3Cc2noc(-c3ccsc3)n2)ccc1O. The number of phenolic OH excluding ortho intramolecular Hbond substituents is 1. The third-order valence-corrected chi connectivity index (χ3v) is 5.83. The average Bonchev–Trinajstić information content (AvgIpc) is 3.61. The standard InChI is InChI=1S/C24H16N6O3S/c25-11-18-10-15(4-5-21(18)31)23(32)28-26-12-16-2-1-3-20-19(16)6-8-30(20)13-22-27-24(33-29-22)17-7-9-34-14-17/h1-10,12,14,31H,13H2,(H,28,32). The lowest BCUT2D eigenvalue weighted by Crippen LogP contribution is -2.17. The van der Waals surface area contributed by atoms with Gasteiger partial charge in [0.1, 0.15) is 11.8 Å². The first kappa shape index (κ1) is 21.1. The Morgan fingerprint density at radius 2 is 2.21 bits per heavy atom. The molecule has 0 fully saturated rings. The maximum absolute atomic E-state index is 12.3. The number of carbonyl (C=O) groups is 1. The molecule has 2 N–H and O–H groups in total. The van der Waals surface area contributed by atoms with Crippen LogP contribution in [-0.4, -0.2) is 31.9 Å². The molecule has 0 saturated carbocycles. The van der Waals surface area contributed by atoms with Crippen LogP contribution >= 0.6 is 11.3 Å². The van der Waals surface area contributed by atoms with Crippen molar-refractivity contribution in [1.29, 1.82) is 5.26 Å². The highest BCUT2D eigenvalue weighted by molar-refractivity contribution is 7.08. The monoisotopic (exact) mass is 468 g/mol. The molecule has 9 nitrogen and oxygen atoms in total. The summed E-state index contributed by atoms with van der Waals surface area (Å²) in [5.74, 6) is 0.390. The molecule has 34 heavy (non-hydrogen) atoms. The number of nitrogens with zero attached hydrogens (tertiary/aromatic N) is 5. The van der Waals surface area contributed by atoms with Crippen LogP contribution in [0.25, 0.3) is 22.4 Å². The van der Waals surface area contributed by atoms with E-state index in [0.717, 1.165) is 22.0 Å². The fourth-order valence-electron chi connectivity index (χ4n) is 3.46. The Morgan fingerprint density at radius 1 is 1.29 bits per heavy atom. The van der Waals surface area contributed by atoms with Crippen LogP contribution in [0.2, 0.25) is 0 Å². The van der Waals surface area contributed by atoms with E-state index in [0.29, 0.717) is 18.3 Å². The third kappa shape index (κ3) is 4.15. The van der Waals surface area contributed by atoms with E-state index in [1.54, 1.807) is 17.6 Å². The van der Waals surface area contributed by atoms with E-state index in [1.165, 1.54) is 18.2 Å². The van der Waals surface area contributed by atoms with Crippen molar-refractivity contribution in [2.24, 2.45) is 5.10 Å². The zero-order chi connectivity index (χ0) is 23.5. The van der Waals surface area contributed by atoms with Crippen LogP contribution in [0.1, 0.15) is 27.3 Å². The quantitative estimate of drug-likeness (QED) is 0.285. The van der Waals surface area contributed by atoms with Crippen molar-refractivity contribution < 1.29 is 14.4 Å². The normalized spacial score (nSPS) is 11.1. The summed E-state index contributed by atoms with van der Waals surface area (Å²) in [4.78, 5) is 16.8. The van der Waals surface area contributed by atoms with Gasteiger partial charge in [-0.3, -0.25) is 4.79 Å². The predicted molar refractivity (Wildman–Crippen MR) is 127 cm³/mol. The minimum absolute atomic E-state index is 0.0202. The van der Waals surface area contributed by atoms with Crippen molar-refractivity contribution in [3.8, 4) is 23.3 Å². The first-order chi connectivity index (χ1) is 16.6. The molecule has 5 rings (SSSR count). The molecular formula is C24H16N6O3S. The average molecular weight is 468 g/mol. The molecule has 1 amide bonds. The van der Waals surface area contributed by atoms with Crippen LogP contribution < -0.4 is 5.43 Å². The number of rotatable bonds is 6. The number of benzene rings is 2. The third-order valence-electron chi connectivity index (χ3n) is 5.14. The Kier molecular flexibility index (Phi) is 5.60. The zero-order valence-electron chi connectivity index (χ0n) is 17.5. The van der Waals surface area contributed by atoms with Gasteiger partial charge in [0, 0.05) is 33.6 Å². The molecule has 0 unspecified atom stereocenters. The van der Waals surface area contributed by atoms with E-state index in [4.69, 9.17) is 9.78 Å². The highest BCUT2D eigenvalue weighted by Crippen LogP contribution is 2.23. The molecule has 0 bridgehead atoms. The molecule has 0 aliphatic rings. The number of hydrogen-bond acceptors (Lipinski definition) is 8. The van der Waals surface area contributed by atoms with Gasteiger partial charge >= 0.3 is 0 Å². The van der Waals surface area contributed by atoms with Crippen molar-refractivity contribution in [3.05, 3.63) is 88.0 Å². The molecule has 5 aromatic rings. The number of hydrazone groups is 1. The number of aromatic hydroxyl groups is 1. The number of carbonyl (C=O) groups excluding carboxylic acids is 1. The molecule has 0 aliphatic heterocycles. The van der Waals surface area contributed by atoms with Crippen molar-refractivity contribution >= 4 is 34.4 Å². The van der Waals surface area contributed by atoms with Gasteiger partial charge in [0.25, 0.3) is 11.8 Å². The fraction of sp³-hybridized carbons (Fsp3) is 0.0417. The molecular weight excluding hydrogens is 452 g/mol. The summed E-state index contributed by atoms with van der Waals surface area (Å²) in [5.41, 5.74) is 5.35. The Labute approximate surface area is 197 Å². The topological polar surface area (TPSA) is 129 Å². The van der Waals surface area contributed by atoms with Gasteiger partial charge in [-0.15, -0.1) is 0 Å². The van der Waals surface area contributed by atoms with Gasteiger partial charge in [-0.25, -0.2) is 5.43 Å². The first-order valence-electron chi connectivity index (χ1n) is 10.1. The molecule has 166 valence electrons. The van der Waals surface area contributed by atoms with Crippen LogP contribution in [0.4, 0.5) is 0 Å². The minimum Gasteiger partial charge on any atom is -0.507 e. The van der Waals surface area contributed by atoms with Gasteiger partial charge in [0.15, 0.2) is 5.82 Å². The number of amides is 1. The first-order valence-corrected chi connectivity index (χ1v) is 11.1. The summed E-state index contributed by atoms with van der Waals surface area (Å²) < 4.78 is 7.37. The van der Waals surface area contributed by atoms with E-state index in [-0.39, 0.29) is 16.9 Å². The van der Waals surface area contributed by atoms with E-state index >= 15 is 0 Å². The van der Waals surface area contributed by atoms with E-state index in [1.807, 2.05) is 57.9 Å². The van der Waals surface area contributed by atoms with Gasteiger partial charge < -0.3 is 14.2 Å². The Hall–Kier alpha value is -4.75. The summed E-state index contributed by atoms with van der Waals surface area (Å²) in [7, 11) is 0. The Balaban J connectivity index is 1.32. The molecule has 3 aromatic heterocycles. The summed E-state index contributed by atoms with van der Waals surface area (Å²) in [6.07, 6.45) is 3.49. The lowest BCUT2D eigenvalue weighted by Gasteiger charge is -2.04. The highest BCUT2D eigenvalue weighted by atomic mass is 32.1. The number of phenols is 1. The molecule has 10 heteroatoms. The number of nitrogens with one attached hydrogen (secondary N) is 1. The highest BCUT2D eigenvalue weighted by Gasteiger charge is 2.12. The summed E-state index contributed by atoms with van der Waals surface area (Å²) >= 11 is 1.57. The van der Waals surface area contributed by atoms with Crippen LogP contribution in [0.15, 0.2) is 75.1 Å². The lowest BCUT2D eigenvalue weighted by atomic mass is 10.1. The van der Waals surface area contributed by atoms with Crippen LogP contribution in [0, 0.1) is 11.3 Å². The van der Waals surface area contributed by atoms with Crippen molar-refractivity contribution in [1.82, 2.24) is 20.1 Å². The van der Waals surface area contributed by atoms with Gasteiger partial charge in [-0.2, -0.15) is 26.7 Å². The second-order valence-corrected chi connectivity index (χ2v) is 8.07. The Bertz CT molecular complexity index is 1560. The molecule has 0 spiro atoms. The van der Waals surface area contributed by atoms with Crippen LogP contribution in [0.5, 0.6) is 5.75 Å². The zero-order valence-corrected chi connectivity index (χ0v) is 18.4. The second-order valence-electron chi connectivity index (χ2n) is 7.29. The number of thiophene rings is 1. The molecule has 3 heterocycles. The van der Waals surface area contributed by atoms with Gasteiger partial charge in [0.05, 0.1) is 23.9 Å². The largest absolute Gasteiger partial charge is 0.507 e. The number of hydrogen-bond donors (Lipinski definition) is 2. The van der Waals surface area contributed by atoms with Crippen LogP contribution in [-0.2, 0) is 6.54 Å². The number of fused-ring (bicyclic) bond motifs is 1. The van der Waals surface area contributed by atoms with Gasteiger partial charge in [-0.05, 0) is 41.8 Å². The Morgan fingerprint density at radius 3 is 3.03 bits per heavy atom. The smallest absolute Gasteiger partial charge is 0.271 e. The molecule has 0 saturated heterocycles. The van der Waals surface area contributed by atoms with Gasteiger partial charge in [-0.1, -0.05) is 17.3 Å². The fourth-order valence-corrected chi connectivity index (χ4v) is 4.09.